The van der Waals surface area contributed by atoms with Gasteiger partial charge >= 0.3 is 0 Å². The highest BCUT2D eigenvalue weighted by molar-refractivity contribution is 9.09. The number of alkyl halides is 2. The summed E-state index contributed by atoms with van der Waals surface area (Å²) in [5.74, 6) is -0.606. The van der Waals surface area contributed by atoms with Crippen molar-refractivity contribution in [1.82, 2.24) is 0 Å². The van der Waals surface area contributed by atoms with Crippen molar-refractivity contribution in [2.45, 2.75) is 11.8 Å². The topological polar surface area (TPSA) is 0 Å². The average Bonchev–Trinajstić information content (AvgIpc) is 2.48. The lowest BCUT2D eigenvalue weighted by molar-refractivity contribution is 0.521. The van der Waals surface area contributed by atoms with Gasteiger partial charge in [-0.1, -0.05) is 61.7 Å². The number of halogens is 5. The molecule has 112 valence electrons. The van der Waals surface area contributed by atoms with Crippen LogP contribution >= 0.6 is 43.5 Å². The minimum absolute atomic E-state index is 0.283. The molecule has 21 heavy (non-hydrogen) atoms. The molecule has 2 rings (SSSR count). The lowest BCUT2D eigenvalue weighted by Gasteiger charge is -2.31. The summed E-state index contributed by atoms with van der Waals surface area (Å²) in [4.78, 5) is 0. The Balaban J connectivity index is 2.40. The molecule has 2 aromatic rings. The van der Waals surface area contributed by atoms with E-state index in [1.807, 2.05) is 0 Å². The van der Waals surface area contributed by atoms with Gasteiger partial charge in [-0.15, -0.1) is 0 Å². The number of rotatable bonds is 5. The molecule has 0 atom stereocenters. The van der Waals surface area contributed by atoms with E-state index in [0.29, 0.717) is 27.7 Å². The zero-order valence-electron chi connectivity index (χ0n) is 11.1. The lowest BCUT2D eigenvalue weighted by Crippen LogP contribution is -2.33. The Morgan fingerprint density at radius 1 is 0.952 bits per heavy atom. The second-order valence-electron chi connectivity index (χ2n) is 4.97. The lowest BCUT2D eigenvalue weighted by atomic mass is 9.79. The molecule has 0 aliphatic rings. The van der Waals surface area contributed by atoms with Crippen LogP contribution in [0.3, 0.4) is 0 Å². The zero-order valence-corrected chi connectivity index (χ0v) is 15.0. The fourth-order valence-corrected chi connectivity index (χ4v) is 4.35. The van der Waals surface area contributed by atoms with Crippen LogP contribution in [0.15, 0.2) is 42.5 Å². The first-order chi connectivity index (χ1) is 10.0. The van der Waals surface area contributed by atoms with Crippen LogP contribution in [0.1, 0.15) is 11.1 Å². The highest BCUT2D eigenvalue weighted by Gasteiger charge is 2.31. The standard InChI is InChI=1S/C16H13Br2ClF2/c17-9-16(10-18,12-2-5-14(20)6-3-12)8-11-1-4-13(19)7-15(11)21/h1-7H,8-10H2. The van der Waals surface area contributed by atoms with Gasteiger partial charge in [0.05, 0.1) is 0 Å². The van der Waals surface area contributed by atoms with E-state index >= 15 is 0 Å². The van der Waals surface area contributed by atoms with Crippen LogP contribution in [-0.2, 0) is 11.8 Å². The Morgan fingerprint density at radius 3 is 2.10 bits per heavy atom. The highest BCUT2D eigenvalue weighted by Crippen LogP contribution is 2.34. The summed E-state index contributed by atoms with van der Waals surface area (Å²) < 4.78 is 27.2. The first-order valence-corrected chi connectivity index (χ1v) is 8.95. The van der Waals surface area contributed by atoms with Crippen molar-refractivity contribution >= 4 is 43.5 Å². The van der Waals surface area contributed by atoms with Crippen molar-refractivity contribution in [1.29, 1.82) is 0 Å². The quantitative estimate of drug-likeness (QED) is 0.511. The minimum Gasteiger partial charge on any atom is -0.207 e. The summed E-state index contributed by atoms with van der Waals surface area (Å²) in [6.07, 6.45) is 0.484. The summed E-state index contributed by atoms with van der Waals surface area (Å²) in [5.41, 5.74) is 1.18. The Labute approximate surface area is 144 Å². The molecule has 0 amide bonds. The van der Waals surface area contributed by atoms with Crippen molar-refractivity contribution in [3.05, 3.63) is 70.2 Å². The van der Waals surface area contributed by atoms with Crippen molar-refractivity contribution in [3.63, 3.8) is 0 Å². The molecule has 0 spiro atoms. The third-order valence-electron chi connectivity index (χ3n) is 3.51. The van der Waals surface area contributed by atoms with Gasteiger partial charge in [0.15, 0.2) is 0 Å². The molecule has 2 aromatic carbocycles. The van der Waals surface area contributed by atoms with Crippen molar-refractivity contribution in [3.8, 4) is 0 Å². The molecule has 0 saturated heterocycles. The molecule has 0 nitrogen and oxygen atoms in total. The van der Waals surface area contributed by atoms with E-state index in [0.717, 1.165) is 5.56 Å². The zero-order chi connectivity index (χ0) is 15.5. The van der Waals surface area contributed by atoms with Crippen LogP contribution in [0.2, 0.25) is 5.02 Å². The molecular weight excluding hydrogens is 425 g/mol. The van der Waals surface area contributed by atoms with Crippen molar-refractivity contribution in [2.24, 2.45) is 0 Å². The predicted molar refractivity (Wildman–Crippen MR) is 90.8 cm³/mol. The molecule has 5 heteroatoms. The smallest absolute Gasteiger partial charge is 0.127 e. The second-order valence-corrected chi connectivity index (χ2v) is 6.52. The largest absolute Gasteiger partial charge is 0.207 e. The maximum absolute atomic E-state index is 14.1. The fraction of sp³-hybridized carbons (Fsp3) is 0.250. The normalized spacial score (nSPS) is 11.7. The summed E-state index contributed by atoms with van der Waals surface area (Å²) in [6.45, 7) is 0. The Hall–Kier alpha value is -0.450. The van der Waals surface area contributed by atoms with Gasteiger partial charge in [0.25, 0.3) is 0 Å². The van der Waals surface area contributed by atoms with Crippen LogP contribution in [0.25, 0.3) is 0 Å². The maximum atomic E-state index is 14.1. The van der Waals surface area contributed by atoms with E-state index in [1.54, 1.807) is 24.3 Å². The minimum atomic E-state index is -0.359. The average molecular weight is 439 g/mol. The molecule has 0 aliphatic heterocycles. The Bertz CT molecular complexity index is 610. The van der Waals surface area contributed by atoms with E-state index in [9.17, 15) is 8.78 Å². The van der Waals surface area contributed by atoms with Crippen LogP contribution in [-0.4, -0.2) is 10.7 Å². The molecule has 0 N–H and O–H groups in total. The summed E-state index contributed by atoms with van der Waals surface area (Å²) >= 11 is 12.8. The van der Waals surface area contributed by atoms with Gasteiger partial charge in [0.1, 0.15) is 11.6 Å². The molecule has 0 aromatic heterocycles. The third-order valence-corrected chi connectivity index (χ3v) is 5.89. The Kier molecular flexibility index (Phi) is 5.81. The fourth-order valence-electron chi connectivity index (χ4n) is 2.22. The van der Waals surface area contributed by atoms with E-state index in [1.165, 1.54) is 18.2 Å². The first-order valence-electron chi connectivity index (χ1n) is 6.33. The van der Waals surface area contributed by atoms with Gasteiger partial charge < -0.3 is 0 Å². The van der Waals surface area contributed by atoms with Gasteiger partial charge in [-0.05, 0) is 41.8 Å². The van der Waals surface area contributed by atoms with Crippen LogP contribution < -0.4 is 0 Å². The number of hydrogen-bond acceptors (Lipinski definition) is 0. The molecule has 0 fully saturated rings. The van der Waals surface area contributed by atoms with Gasteiger partial charge in [-0.3, -0.25) is 0 Å². The van der Waals surface area contributed by atoms with Crippen molar-refractivity contribution in [2.75, 3.05) is 10.7 Å². The molecule has 0 radical (unpaired) electrons. The molecular formula is C16H13Br2ClF2. The summed E-state index contributed by atoms with van der Waals surface area (Å²) in [7, 11) is 0. The van der Waals surface area contributed by atoms with E-state index in [-0.39, 0.29) is 17.0 Å². The monoisotopic (exact) mass is 436 g/mol. The maximum Gasteiger partial charge on any atom is 0.127 e. The van der Waals surface area contributed by atoms with E-state index in [2.05, 4.69) is 31.9 Å². The molecule has 0 unspecified atom stereocenters. The summed E-state index contributed by atoms with van der Waals surface area (Å²) in [6, 6.07) is 11.0. The van der Waals surface area contributed by atoms with Gasteiger partial charge in [0.2, 0.25) is 0 Å². The van der Waals surface area contributed by atoms with Crippen LogP contribution in [0, 0.1) is 11.6 Å². The Morgan fingerprint density at radius 2 is 1.57 bits per heavy atom. The van der Waals surface area contributed by atoms with Gasteiger partial charge in [-0.2, -0.15) is 0 Å². The second kappa shape index (κ2) is 7.21. The van der Waals surface area contributed by atoms with Crippen molar-refractivity contribution < 1.29 is 8.78 Å². The molecule has 0 aliphatic carbocycles. The van der Waals surface area contributed by atoms with Crippen LogP contribution in [0.4, 0.5) is 8.78 Å². The number of benzene rings is 2. The third kappa shape index (κ3) is 3.85. The first kappa shape index (κ1) is 16.9. The number of hydrogen-bond donors (Lipinski definition) is 0. The molecule has 0 saturated carbocycles. The summed E-state index contributed by atoms with van der Waals surface area (Å²) in [5, 5.41) is 1.62. The SMILES string of the molecule is Fc1ccc(C(CBr)(CBr)Cc2ccc(Cl)cc2F)cc1. The van der Waals surface area contributed by atoms with E-state index in [4.69, 9.17) is 11.6 Å². The van der Waals surface area contributed by atoms with Crippen LogP contribution in [0.5, 0.6) is 0 Å². The predicted octanol–water partition coefficient (Wildman–Crippen LogP) is 5.89. The van der Waals surface area contributed by atoms with Gasteiger partial charge in [-0.25, -0.2) is 8.78 Å². The molecule has 0 heterocycles. The van der Waals surface area contributed by atoms with Gasteiger partial charge in [0, 0.05) is 21.1 Å². The molecule has 0 bridgehead atoms. The van der Waals surface area contributed by atoms with E-state index < -0.39 is 0 Å². The highest BCUT2D eigenvalue weighted by atomic mass is 79.9.